The third-order valence-electron chi connectivity index (χ3n) is 2.37. The molecule has 17 heavy (non-hydrogen) atoms. The Hall–Kier alpha value is -1.20. The van der Waals surface area contributed by atoms with Crippen molar-refractivity contribution in [3.8, 4) is 0 Å². The fourth-order valence-corrected chi connectivity index (χ4v) is 2.70. The number of hydrogen-bond acceptors (Lipinski definition) is 3. The van der Waals surface area contributed by atoms with E-state index in [4.69, 9.17) is 0 Å². The molecular weight excluding hydrogens is 300 g/mol. The summed E-state index contributed by atoms with van der Waals surface area (Å²) in [5.41, 5.74) is 2.17. The molecule has 2 rings (SSSR count). The third kappa shape index (κ3) is 3.14. The summed E-state index contributed by atoms with van der Waals surface area (Å²) in [6, 6.07) is 5.60. The quantitative estimate of drug-likeness (QED) is 0.946. The van der Waals surface area contributed by atoms with Crippen LogP contribution in [0.25, 0.3) is 0 Å². The molecule has 0 aliphatic carbocycles. The van der Waals surface area contributed by atoms with Gasteiger partial charge < -0.3 is 5.32 Å². The zero-order valence-corrected chi connectivity index (χ0v) is 11.6. The molecule has 2 heterocycles. The number of nitrogens with zero attached hydrogens (tertiary/aromatic N) is 1. The Balaban J connectivity index is 1.99. The summed E-state index contributed by atoms with van der Waals surface area (Å²) in [6.45, 7) is 2.51. The fourth-order valence-electron chi connectivity index (χ4n) is 1.40. The number of thiophene rings is 1. The van der Waals surface area contributed by atoms with E-state index in [1.54, 1.807) is 12.4 Å². The first kappa shape index (κ1) is 12.3. The van der Waals surface area contributed by atoms with Gasteiger partial charge in [-0.25, -0.2) is 0 Å². The summed E-state index contributed by atoms with van der Waals surface area (Å²) >= 11 is 4.77. The molecule has 0 spiro atoms. The number of halogens is 1. The van der Waals surface area contributed by atoms with Gasteiger partial charge in [0.2, 0.25) is 0 Å². The largest absolute Gasteiger partial charge is 0.347 e. The number of carbonyl (C=O) groups excluding carboxylic acids is 1. The molecule has 0 saturated heterocycles. The third-order valence-corrected chi connectivity index (χ3v) is 4.00. The van der Waals surface area contributed by atoms with Gasteiger partial charge in [0.05, 0.1) is 8.66 Å². The highest BCUT2D eigenvalue weighted by Crippen LogP contribution is 2.21. The number of hydrogen-bond donors (Lipinski definition) is 1. The molecule has 0 atom stereocenters. The van der Waals surface area contributed by atoms with Crippen LogP contribution in [0.15, 0.2) is 34.4 Å². The maximum atomic E-state index is 11.8. The van der Waals surface area contributed by atoms with E-state index in [1.807, 2.05) is 25.1 Å². The lowest BCUT2D eigenvalue weighted by Crippen LogP contribution is -2.22. The number of aryl methyl sites for hydroxylation is 1. The van der Waals surface area contributed by atoms with Crippen LogP contribution in [-0.2, 0) is 6.54 Å². The van der Waals surface area contributed by atoms with Gasteiger partial charge in [0.1, 0.15) is 0 Å². The van der Waals surface area contributed by atoms with Crippen molar-refractivity contribution in [3.63, 3.8) is 0 Å². The molecule has 0 unspecified atom stereocenters. The molecule has 2 aromatic heterocycles. The van der Waals surface area contributed by atoms with E-state index in [0.29, 0.717) is 11.4 Å². The van der Waals surface area contributed by atoms with Crippen molar-refractivity contribution < 1.29 is 4.79 Å². The Bertz CT molecular complexity index is 539. The maximum Gasteiger partial charge on any atom is 0.261 e. The van der Waals surface area contributed by atoms with Gasteiger partial charge in [-0.3, -0.25) is 9.78 Å². The first-order valence-electron chi connectivity index (χ1n) is 5.10. The van der Waals surface area contributed by atoms with Crippen molar-refractivity contribution in [1.29, 1.82) is 0 Å². The second kappa shape index (κ2) is 5.42. The molecule has 1 amide bonds. The zero-order chi connectivity index (χ0) is 12.3. The first-order valence-corrected chi connectivity index (χ1v) is 6.71. The normalized spacial score (nSPS) is 10.2. The molecule has 0 radical (unpaired) electrons. The molecule has 88 valence electrons. The minimum atomic E-state index is -0.0445. The van der Waals surface area contributed by atoms with Crippen LogP contribution in [0, 0.1) is 6.92 Å². The van der Waals surface area contributed by atoms with Crippen LogP contribution >= 0.6 is 27.3 Å². The molecule has 0 fully saturated rings. The lowest BCUT2D eigenvalue weighted by molar-refractivity contribution is 0.0955. The second-order valence-electron chi connectivity index (χ2n) is 3.59. The van der Waals surface area contributed by atoms with E-state index >= 15 is 0 Å². The van der Waals surface area contributed by atoms with E-state index < -0.39 is 0 Å². The van der Waals surface area contributed by atoms with E-state index in [2.05, 4.69) is 26.2 Å². The first-order chi connectivity index (χ1) is 8.16. The van der Waals surface area contributed by atoms with Crippen molar-refractivity contribution >= 4 is 33.2 Å². The standard InChI is InChI=1S/C12H11BrN2OS/c1-8-6-14-5-4-9(8)7-15-12(16)10-2-3-11(13)17-10/h2-6H,7H2,1H3,(H,15,16). The lowest BCUT2D eigenvalue weighted by atomic mass is 10.1. The summed E-state index contributed by atoms with van der Waals surface area (Å²) in [4.78, 5) is 16.5. The zero-order valence-electron chi connectivity index (χ0n) is 9.24. The van der Waals surface area contributed by atoms with E-state index in [0.717, 1.165) is 14.9 Å². The second-order valence-corrected chi connectivity index (χ2v) is 6.05. The molecule has 0 aromatic carbocycles. The monoisotopic (exact) mass is 310 g/mol. The average Bonchev–Trinajstić information content (AvgIpc) is 2.74. The maximum absolute atomic E-state index is 11.8. The molecule has 0 saturated carbocycles. The number of amides is 1. The van der Waals surface area contributed by atoms with Gasteiger partial charge in [-0.1, -0.05) is 0 Å². The Morgan fingerprint density at radius 3 is 2.94 bits per heavy atom. The summed E-state index contributed by atoms with van der Waals surface area (Å²) in [7, 11) is 0. The van der Waals surface area contributed by atoms with Crippen LogP contribution in [0.1, 0.15) is 20.8 Å². The lowest BCUT2D eigenvalue weighted by Gasteiger charge is -2.06. The number of aromatic nitrogens is 1. The SMILES string of the molecule is Cc1cnccc1CNC(=O)c1ccc(Br)s1. The summed E-state index contributed by atoms with van der Waals surface area (Å²) in [5, 5.41) is 2.89. The molecule has 3 nitrogen and oxygen atoms in total. The van der Waals surface area contributed by atoms with Gasteiger partial charge in [0.15, 0.2) is 0 Å². The smallest absolute Gasteiger partial charge is 0.261 e. The average molecular weight is 311 g/mol. The van der Waals surface area contributed by atoms with Gasteiger partial charge >= 0.3 is 0 Å². The topological polar surface area (TPSA) is 42.0 Å². The Morgan fingerprint density at radius 2 is 2.29 bits per heavy atom. The number of nitrogens with one attached hydrogen (secondary N) is 1. The van der Waals surface area contributed by atoms with Crippen molar-refractivity contribution in [2.45, 2.75) is 13.5 Å². The Kier molecular flexibility index (Phi) is 3.91. The van der Waals surface area contributed by atoms with Crippen LogP contribution < -0.4 is 5.32 Å². The Morgan fingerprint density at radius 1 is 1.47 bits per heavy atom. The van der Waals surface area contributed by atoms with E-state index in [9.17, 15) is 4.79 Å². The van der Waals surface area contributed by atoms with Gasteiger partial charge in [-0.15, -0.1) is 11.3 Å². The molecule has 2 aromatic rings. The van der Waals surface area contributed by atoms with E-state index in [1.165, 1.54) is 11.3 Å². The number of pyridine rings is 1. The van der Waals surface area contributed by atoms with Crippen molar-refractivity contribution in [1.82, 2.24) is 10.3 Å². The molecular formula is C12H11BrN2OS. The van der Waals surface area contributed by atoms with Crippen molar-refractivity contribution in [2.24, 2.45) is 0 Å². The highest BCUT2D eigenvalue weighted by molar-refractivity contribution is 9.11. The molecule has 0 aliphatic heterocycles. The van der Waals surface area contributed by atoms with E-state index in [-0.39, 0.29) is 5.91 Å². The number of rotatable bonds is 3. The van der Waals surface area contributed by atoms with Crippen LogP contribution in [-0.4, -0.2) is 10.9 Å². The van der Waals surface area contributed by atoms with Crippen LogP contribution in [0.4, 0.5) is 0 Å². The number of carbonyl (C=O) groups is 1. The van der Waals surface area contributed by atoms with Crippen LogP contribution in [0.2, 0.25) is 0 Å². The summed E-state index contributed by atoms with van der Waals surface area (Å²) in [6.07, 6.45) is 3.53. The highest BCUT2D eigenvalue weighted by Gasteiger charge is 2.08. The van der Waals surface area contributed by atoms with Crippen LogP contribution in [0.3, 0.4) is 0 Å². The predicted octanol–water partition coefficient (Wildman–Crippen LogP) is 3.14. The van der Waals surface area contributed by atoms with Gasteiger partial charge in [-0.2, -0.15) is 0 Å². The molecule has 0 aliphatic rings. The minimum absolute atomic E-state index is 0.0445. The van der Waals surface area contributed by atoms with Gasteiger partial charge in [0.25, 0.3) is 5.91 Å². The predicted molar refractivity (Wildman–Crippen MR) is 72.2 cm³/mol. The highest BCUT2D eigenvalue weighted by atomic mass is 79.9. The molecule has 5 heteroatoms. The Labute approximate surface area is 112 Å². The van der Waals surface area contributed by atoms with Crippen molar-refractivity contribution in [3.05, 3.63) is 50.4 Å². The minimum Gasteiger partial charge on any atom is -0.347 e. The molecule has 0 bridgehead atoms. The summed E-state index contributed by atoms with van der Waals surface area (Å²) in [5.74, 6) is -0.0445. The van der Waals surface area contributed by atoms with Crippen molar-refractivity contribution in [2.75, 3.05) is 0 Å². The fraction of sp³-hybridized carbons (Fsp3) is 0.167. The van der Waals surface area contributed by atoms with Gasteiger partial charge in [0, 0.05) is 18.9 Å². The summed E-state index contributed by atoms with van der Waals surface area (Å²) < 4.78 is 0.961. The molecule has 1 N–H and O–H groups in total. The van der Waals surface area contributed by atoms with Gasteiger partial charge in [-0.05, 0) is 52.2 Å². The van der Waals surface area contributed by atoms with Crippen LogP contribution in [0.5, 0.6) is 0 Å².